The average molecular weight is 113 g/mol. The van der Waals surface area contributed by atoms with Gasteiger partial charge in [0.25, 0.3) is 0 Å². The second-order valence-electron chi connectivity index (χ2n) is 1.60. The van der Waals surface area contributed by atoms with Crippen LogP contribution in [0.5, 0.6) is 0 Å². The molecule has 1 atom stereocenters. The van der Waals surface area contributed by atoms with Crippen LogP contribution in [0.15, 0.2) is 0 Å². The Kier molecular flexibility index (Phi) is 7.83. The van der Waals surface area contributed by atoms with Crippen molar-refractivity contribution in [1.82, 2.24) is 4.90 Å². The molecular formula is C4H12NNaO. The van der Waals surface area contributed by atoms with E-state index >= 15 is 0 Å². The topological polar surface area (TPSA) is 23.5 Å². The van der Waals surface area contributed by atoms with E-state index in [9.17, 15) is 0 Å². The second kappa shape index (κ2) is 5.06. The average Bonchev–Trinajstić information content (AvgIpc) is 1.36. The van der Waals surface area contributed by atoms with Crippen LogP contribution in [0.25, 0.3) is 0 Å². The second-order valence-corrected chi connectivity index (χ2v) is 1.60. The number of rotatable bonds is 1. The minimum absolute atomic E-state index is 0. The first-order valence-electron chi connectivity index (χ1n) is 1.99. The number of nitrogens with zero attached hydrogens (tertiary/aromatic N) is 1. The Morgan fingerprint density at radius 1 is 1.43 bits per heavy atom. The monoisotopic (exact) mass is 113 g/mol. The van der Waals surface area contributed by atoms with Gasteiger partial charge in [-0.05, 0) is 21.0 Å². The standard InChI is InChI=1S/C4H11NO.Na.H/c1-4(6)5(2)3;;/h4,6H,1-3H3;;. The Morgan fingerprint density at radius 3 is 1.57 bits per heavy atom. The number of aliphatic hydroxyl groups excluding tert-OH is 1. The third kappa shape index (κ3) is 6.92. The van der Waals surface area contributed by atoms with Gasteiger partial charge in [0, 0.05) is 0 Å². The van der Waals surface area contributed by atoms with Crippen molar-refractivity contribution < 1.29 is 5.11 Å². The van der Waals surface area contributed by atoms with Crippen molar-refractivity contribution in [3.05, 3.63) is 0 Å². The van der Waals surface area contributed by atoms with Crippen molar-refractivity contribution in [1.29, 1.82) is 0 Å². The first-order chi connectivity index (χ1) is 2.64. The molecule has 0 fully saturated rings. The molecule has 0 aliphatic rings. The quantitative estimate of drug-likeness (QED) is 0.357. The van der Waals surface area contributed by atoms with Crippen LogP contribution < -0.4 is 0 Å². The zero-order valence-corrected chi connectivity index (χ0v) is 4.47. The Labute approximate surface area is 66.8 Å². The number of aliphatic hydroxyl groups is 1. The molecule has 0 aliphatic carbocycles. The normalized spacial score (nSPS) is 13.3. The van der Waals surface area contributed by atoms with E-state index in [2.05, 4.69) is 0 Å². The van der Waals surface area contributed by atoms with Crippen LogP contribution in [-0.4, -0.2) is 59.9 Å². The van der Waals surface area contributed by atoms with Gasteiger partial charge < -0.3 is 5.11 Å². The third-order valence-electron chi connectivity index (χ3n) is 0.747. The molecule has 0 radical (unpaired) electrons. The number of hydrogen-bond donors (Lipinski definition) is 1. The molecule has 0 aromatic carbocycles. The maximum atomic E-state index is 8.56. The summed E-state index contributed by atoms with van der Waals surface area (Å²) in [6.07, 6.45) is -0.315. The maximum absolute atomic E-state index is 8.56. The predicted octanol–water partition coefficient (Wildman–Crippen LogP) is -0.762. The predicted molar refractivity (Wildman–Crippen MR) is 32.5 cm³/mol. The minimum atomic E-state index is -0.315. The van der Waals surface area contributed by atoms with E-state index in [0.29, 0.717) is 0 Å². The van der Waals surface area contributed by atoms with E-state index in [1.807, 2.05) is 14.1 Å². The van der Waals surface area contributed by atoms with Crippen LogP contribution in [0.3, 0.4) is 0 Å². The van der Waals surface area contributed by atoms with Gasteiger partial charge in [0.15, 0.2) is 0 Å². The van der Waals surface area contributed by atoms with Crippen molar-refractivity contribution in [2.75, 3.05) is 14.1 Å². The summed E-state index contributed by atoms with van der Waals surface area (Å²) in [6, 6.07) is 0. The fraction of sp³-hybridized carbons (Fsp3) is 1.00. The molecular weight excluding hydrogens is 101 g/mol. The summed E-state index contributed by atoms with van der Waals surface area (Å²) in [6.45, 7) is 1.72. The first kappa shape index (κ1) is 10.8. The van der Waals surface area contributed by atoms with Crippen LogP contribution >= 0.6 is 0 Å². The SMILES string of the molecule is CC(O)N(C)C.[NaH]. The molecule has 0 amide bonds. The third-order valence-corrected chi connectivity index (χ3v) is 0.747. The molecule has 2 nitrogen and oxygen atoms in total. The van der Waals surface area contributed by atoms with E-state index in [1.54, 1.807) is 11.8 Å². The van der Waals surface area contributed by atoms with E-state index in [4.69, 9.17) is 5.11 Å². The number of hydrogen-bond acceptors (Lipinski definition) is 2. The first-order valence-corrected chi connectivity index (χ1v) is 1.99. The van der Waals surface area contributed by atoms with Crippen molar-refractivity contribution >= 4 is 29.6 Å². The van der Waals surface area contributed by atoms with E-state index in [1.165, 1.54) is 0 Å². The summed E-state index contributed by atoms with van der Waals surface area (Å²) in [5, 5.41) is 8.56. The van der Waals surface area contributed by atoms with E-state index in [0.717, 1.165) is 0 Å². The Bertz CT molecular complexity index is 32.7. The van der Waals surface area contributed by atoms with Crippen LogP contribution in [-0.2, 0) is 0 Å². The summed E-state index contributed by atoms with van der Waals surface area (Å²) in [5.41, 5.74) is 0. The van der Waals surface area contributed by atoms with Crippen molar-refractivity contribution in [2.24, 2.45) is 0 Å². The van der Waals surface area contributed by atoms with Crippen LogP contribution in [0, 0.1) is 0 Å². The summed E-state index contributed by atoms with van der Waals surface area (Å²) in [5.74, 6) is 0. The molecule has 0 aliphatic heterocycles. The zero-order chi connectivity index (χ0) is 5.15. The Morgan fingerprint density at radius 2 is 1.57 bits per heavy atom. The van der Waals surface area contributed by atoms with Gasteiger partial charge in [-0.25, -0.2) is 0 Å². The molecule has 40 valence electrons. The molecule has 0 saturated carbocycles. The molecule has 1 N–H and O–H groups in total. The summed E-state index contributed by atoms with van der Waals surface area (Å²) >= 11 is 0. The molecule has 0 bridgehead atoms. The fourth-order valence-corrected chi connectivity index (χ4v) is 0. The van der Waals surface area contributed by atoms with Gasteiger partial charge in [-0.3, -0.25) is 4.90 Å². The van der Waals surface area contributed by atoms with Crippen molar-refractivity contribution in [3.63, 3.8) is 0 Å². The molecule has 3 heteroatoms. The summed E-state index contributed by atoms with van der Waals surface area (Å²) < 4.78 is 0. The Hall–Kier alpha value is 0.920. The van der Waals surface area contributed by atoms with Gasteiger partial charge in [0.05, 0.1) is 0 Å². The molecule has 0 saturated heterocycles. The van der Waals surface area contributed by atoms with Crippen LogP contribution in [0.1, 0.15) is 6.92 Å². The van der Waals surface area contributed by atoms with E-state index in [-0.39, 0.29) is 35.8 Å². The van der Waals surface area contributed by atoms with Gasteiger partial charge in [-0.15, -0.1) is 0 Å². The van der Waals surface area contributed by atoms with Gasteiger partial charge in [-0.2, -0.15) is 0 Å². The van der Waals surface area contributed by atoms with E-state index < -0.39 is 0 Å². The molecule has 0 heterocycles. The van der Waals surface area contributed by atoms with Crippen molar-refractivity contribution in [2.45, 2.75) is 13.2 Å². The molecule has 0 aromatic heterocycles. The Balaban J connectivity index is 0. The fourth-order valence-electron chi connectivity index (χ4n) is 0. The van der Waals surface area contributed by atoms with Crippen LogP contribution in [0.2, 0.25) is 0 Å². The van der Waals surface area contributed by atoms with Gasteiger partial charge in [0.1, 0.15) is 6.23 Å². The molecule has 0 aromatic rings. The van der Waals surface area contributed by atoms with Gasteiger partial charge >= 0.3 is 29.6 Å². The summed E-state index contributed by atoms with van der Waals surface area (Å²) in [4.78, 5) is 1.72. The van der Waals surface area contributed by atoms with Gasteiger partial charge in [0.2, 0.25) is 0 Å². The zero-order valence-electron chi connectivity index (χ0n) is 4.47. The molecule has 7 heavy (non-hydrogen) atoms. The molecule has 0 rings (SSSR count). The van der Waals surface area contributed by atoms with Gasteiger partial charge in [-0.1, -0.05) is 0 Å². The summed E-state index contributed by atoms with van der Waals surface area (Å²) in [7, 11) is 3.65. The molecule has 0 spiro atoms. The van der Waals surface area contributed by atoms with Crippen molar-refractivity contribution in [3.8, 4) is 0 Å². The molecule has 1 unspecified atom stereocenters. The van der Waals surface area contributed by atoms with Crippen LogP contribution in [0.4, 0.5) is 0 Å².